The Hall–Kier alpha value is -2.27. The molecule has 1 aliphatic heterocycles. The van der Waals surface area contributed by atoms with Crippen LogP contribution in [0.3, 0.4) is 0 Å². The number of para-hydroxylation sites is 1. The highest BCUT2D eigenvalue weighted by molar-refractivity contribution is 7.89. The number of rotatable bonds is 7. The zero-order valence-electron chi connectivity index (χ0n) is 17.9. The Morgan fingerprint density at radius 3 is 2.32 bits per heavy atom. The minimum absolute atomic E-state index is 0.232. The predicted molar refractivity (Wildman–Crippen MR) is 124 cm³/mol. The van der Waals surface area contributed by atoms with Crippen molar-refractivity contribution in [3.05, 3.63) is 53.4 Å². The summed E-state index contributed by atoms with van der Waals surface area (Å²) in [6.07, 6.45) is 1.59. The Morgan fingerprint density at radius 1 is 1.00 bits per heavy atom. The summed E-state index contributed by atoms with van der Waals surface area (Å²) in [6.45, 7) is 8.81. The standard InChI is InChI=1S/C21H28N6O2S2/c1-3-25(4-2)31(28,29)19-10-11-20-22-27(21(30)26(20)16-19)17-23-12-14-24(15-13-23)18-8-6-5-7-9-18/h5-11,16H,3-4,12-15,17H2,1-2H3. The van der Waals surface area contributed by atoms with Crippen molar-refractivity contribution < 1.29 is 8.42 Å². The summed E-state index contributed by atoms with van der Waals surface area (Å²) in [5, 5.41) is 4.60. The van der Waals surface area contributed by atoms with E-state index in [9.17, 15) is 8.42 Å². The minimum atomic E-state index is -3.55. The second-order valence-corrected chi connectivity index (χ2v) is 9.85. The van der Waals surface area contributed by atoms with Crippen molar-refractivity contribution in [3.63, 3.8) is 0 Å². The van der Waals surface area contributed by atoms with Gasteiger partial charge < -0.3 is 4.90 Å². The van der Waals surface area contributed by atoms with Crippen molar-refractivity contribution in [2.45, 2.75) is 25.4 Å². The Bertz CT molecular complexity index is 1190. The molecule has 3 heterocycles. The first-order valence-electron chi connectivity index (χ1n) is 10.6. The number of sulfonamides is 1. The molecule has 1 aromatic carbocycles. The van der Waals surface area contributed by atoms with Crippen LogP contribution in [0.4, 0.5) is 5.69 Å². The molecule has 0 saturated carbocycles. The molecule has 8 nitrogen and oxygen atoms in total. The van der Waals surface area contributed by atoms with Crippen LogP contribution in [-0.2, 0) is 16.7 Å². The van der Waals surface area contributed by atoms with Crippen molar-refractivity contribution in [1.29, 1.82) is 0 Å². The molecular formula is C21H28N6O2S2. The van der Waals surface area contributed by atoms with Gasteiger partial charge in [-0.05, 0) is 36.5 Å². The minimum Gasteiger partial charge on any atom is -0.369 e. The largest absolute Gasteiger partial charge is 0.369 e. The van der Waals surface area contributed by atoms with Gasteiger partial charge in [0.15, 0.2) is 5.65 Å². The Morgan fingerprint density at radius 2 is 1.68 bits per heavy atom. The molecule has 0 amide bonds. The van der Waals surface area contributed by atoms with Crippen LogP contribution in [0.2, 0.25) is 0 Å². The van der Waals surface area contributed by atoms with E-state index in [1.165, 1.54) is 9.99 Å². The summed E-state index contributed by atoms with van der Waals surface area (Å²) in [5.41, 5.74) is 1.89. The lowest BCUT2D eigenvalue weighted by atomic mass is 10.2. The third kappa shape index (κ3) is 4.38. The van der Waals surface area contributed by atoms with Crippen LogP contribution in [0.25, 0.3) is 5.65 Å². The van der Waals surface area contributed by atoms with Crippen molar-refractivity contribution in [1.82, 2.24) is 23.4 Å². The Kier molecular flexibility index (Phi) is 6.42. The second-order valence-electron chi connectivity index (χ2n) is 7.55. The van der Waals surface area contributed by atoms with Crippen LogP contribution in [0, 0.1) is 4.77 Å². The van der Waals surface area contributed by atoms with E-state index in [-0.39, 0.29) is 4.90 Å². The molecule has 166 valence electrons. The quantitative estimate of drug-likeness (QED) is 0.505. The number of nitrogens with zero attached hydrogens (tertiary/aromatic N) is 6. The second kappa shape index (κ2) is 9.07. The summed E-state index contributed by atoms with van der Waals surface area (Å²) in [5.74, 6) is 0. The molecule has 0 unspecified atom stereocenters. The molecule has 1 saturated heterocycles. The third-order valence-electron chi connectivity index (χ3n) is 5.72. The summed E-state index contributed by atoms with van der Waals surface area (Å²) < 4.78 is 31.1. The first-order valence-corrected chi connectivity index (χ1v) is 12.4. The van der Waals surface area contributed by atoms with E-state index in [0.29, 0.717) is 30.2 Å². The molecule has 1 fully saturated rings. The molecule has 0 N–H and O–H groups in total. The molecule has 0 radical (unpaired) electrons. The van der Waals surface area contributed by atoms with Crippen LogP contribution in [0.15, 0.2) is 53.6 Å². The number of fused-ring (bicyclic) bond motifs is 1. The van der Waals surface area contributed by atoms with Gasteiger partial charge in [0.05, 0.1) is 11.6 Å². The van der Waals surface area contributed by atoms with Gasteiger partial charge >= 0.3 is 0 Å². The topological polar surface area (TPSA) is 66.1 Å². The molecule has 3 aromatic rings. The van der Waals surface area contributed by atoms with Gasteiger partial charge in [0.25, 0.3) is 0 Å². The van der Waals surface area contributed by atoms with Crippen molar-refractivity contribution in [2.75, 3.05) is 44.2 Å². The highest BCUT2D eigenvalue weighted by atomic mass is 32.2. The van der Waals surface area contributed by atoms with Gasteiger partial charge in [0.1, 0.15) is 0 Å². The monoisotopic (exact) mass is 460 g/mol. The van der Waals surface area contributed by atoms with E-state index < -0.39 is 10.0 Å². The molecule has 0 spiro atoms. The predicted octanol–water partition coefficient (Wildman–Crippen LogP) is 2.68. The zero-order valence-corrected chi connectivity index (χ0v) is 19.5. The summed E-state index contributed by atoms with van der Waals surface area (Å²) >= 11 is 5.62. The van der Waals surface area contributed by atoms with Crippen LogP contribution in [0.1, 0.15) is 13.8 Å². The summed E-state index contributed by atoms with van der Waals surface area (Å²) in [4.78, 5) is 4.93. The number of anilines is 1. The van der Waals surface area contributed by atoms with Gasteiger partial charge in [0, 0.05) is 51.2 Å². The van der Waals surface area contributed by atoms with Crippen LogP contribution in [0.5, 0.6) is 0 Å². The lowest BCUT2D eigenvalue weighted by Gasteiger charge is -2.35. The zero-order chi connectivity index (χ0) is 22.0. The fourth-order valence-electron chi connectivity index (χ4n) is 3.93. The SMILES string of the molecule is CCN(CC)S(=O)(=O)c1ccc2nn(CN3CCN(c4ccccc4)CC3)c(=S)n2c1. The van der Waals surface area contributed by atoms with E-state index in [1.807, 2.05) is 19.9 Å². The molecule has 10 heteroatoms. The highest BCUT2D eigenvalue weighted by Gasteiger charge is 2.23. The maximum atomic E-state index is 12.9. The number of benzene rings is 1. The van der Waals surface area contributed by atoms with E-state index in [1.54, 1.807) is 27.4 Å². The van der Waals surface area contributed by atoms with Crippen LogP contribution < -0.4 is 4.90 Å². The average molecular weight is 461 g/mol. The van der Waals surface area contributed by atoms with Gasteiger partial charge in [-0.2, -0.15) is 9.40 Å². The molecule has 31 heavy (non-hydrogen) atoms. The number of hydrogen-bond donors (Lipinski definition) is 0. The van der Waals surface area contributed by atoms with E-state index >= 15 is 0 Å². The van der Waals surface area contributed by atoms with Crippen molar-refractivity contribution >= 4 is 33.6 Å². The van der Waals surface area contributed by atoms with Crippen molar-refractivity contribution in [2.24, 2.45) is 0 Å². The first kappa shape index (κ1) is 21.9. The van der Waals surface area contributed by atoms with Crippen LogP contribution >= 0.6 is 12.2 Å². The van der Waals surface area contributed by atoms with Gasteiger partial charge in [-0.3, -0.25) is 9.30 Å². The summed E-state index contributed by atoms with van der Waals surface area (Å²) in [7, 11) is -3.55. The number of aromatic nitrogens is 3. The van der Waals surface area contributed by atoms with Gasteiger partial charge in [0.2, 0.25) is 14.8 Å². The van der Waals surface area contributed by atoms with E-state index in [2.05, 4.69) is 39.2 Å². The average Bonchev–Trinajstić information content (AvgIpc) is 3.10. The maximum absolute atomic E-state index is 12.9. The Balaban J connectivity index is 1.51. The van der Waals surface area contributed by atoms with Crippen molar-refractivity contribution in [3.8, 4) is 0 Å². The Labute approximate surface area is 188 Å². The van der Waals surface area contributed by atoms with Gasteiger partial charge in [-0.25, -0.2) is 13.1 Å². The molecule has 0 aliphatic carbocycles. The van der Waals surface area contributed by atoms with Crippen LogP contribution in [-0.4, -0.2) is 71.1 Å². The fourth-order valence-corrected chi connectivity index (χ4v) is 5.63. The lowest BCUT2D eigenvalue weighted by molar-refractivity contribution is 0.195. The number of piperazine rings is 1. The third-order valence-corrected chi connectivity index (χ3v) is 8.16. The lowest BCUT2D eigenvalue weighted by Crippen LogP contribution is -2.46. The summed E-state index contributed by atoms with van der Waals surface area (Å²) in [6, 6.07) is 13.8. The molecule has 1 aliphatic rings. The molecule has 2 aromatic heterocycles. The van der Waals surface area contributed by atoms with Gasteiger partial charge in [-0.15, -0.1) is 0 Å². The molecule has 4 rings (SSSR count). The number of hydrogen-bond acceptors (Lipinski definition) is 6. The highest BCUT2D eigenvalue weighted by Crippen LogP contribution is 2.18. The van der Waals surface area contributed by atoms with Gasteiger partial charge in [-0.1, -0.05) is 32.0 Å². The smallest absolute Gasteiger partial charge is 0.244 e. The number of pyridine rings is 1. The first-order chi connectivity index (χ1) is 14.9. The van der Waals surface area contributed by atoms with E-state index in [4.69, 9.17) is 12.2 Å². The maximum Gasteiger partial charge on any atom is 0.244 e. The van der Waals surface area contributed by atoms with E-state index in [0.717, 1.165) is 26.2 Å². The fraction of sp³-hybridized carbons (Fsp3) is 0.429. The molecule has 0 bridgehead atoms. The molecular weight excluding hydrogens is 432 g/mol. The molecule has 0 atom stereocenters. The normalized spacial score (nSPS) is 15.8.